The molecule has 4 heteroatoms. The van der Waals surface area contributed by atoms with Crippen molar-refractivity contribution in [2.75, 3.05) is 0 Å². The molecule has 0 atom stereocenters. The summed E-state index contributed by atoms with van der Waals surface area (Å²) in [4.78, 5) is 2.51. The fourth-order valence-corrected chi connectivity index (χ4v) is 9.95. The Morgan fingerprint density at radius 2 is 1.19 bits per heavy atom. The van der Waals surface area contributed by atoms with Crippen LogP contribution in [0.4, 0.5) is 0 Å². The van der Waals surface area contributed by atoms with Gasteiger partial charge >= 0.3 is 0 Å². The van der Waals surface area contributed by atoms with Gasteiger partial charge in [0.25, 0.3) is 0 Å². The van der Waals surface area contributed by atoms with E-state index < -0.39 is 0 Å². The van der Waals surface area contributed by atoms with Crippen LogP contribution in [-0.4, -0.2) is 9.13 Å². The third kappa shape index (κ3) is 3.77. The molecule has 1 aliphatic rings. The highest BCUT2D eigenvalue weighted by atomic mass is 32.2. The maximum Gasteiger partial charge on any atom is 0.136 e. The molecule has 4 heterocycles. The number of furan rings is 1. The van der Waals surface area contributed by atoms with Crippen molar-refractivity contribution in [2.24, 2.45) is 0 Å². The summed E-state index contributed by atoms with van der Waals surface area (Å²) >= 11 is 1.88. The molecule has 0 bridgehead atoms. The quantitative estimate of drug-likeness (QED) is 0.185. The van der Waals surface area contributed by atoms with E-state index in [-0.39, 0.29) is 0 Å². The molecule has 0 saturated heterocycles. The minimum atomic E-state index is 0.911. The van der Waals surface area contributed by atoms with Crippen LogP contribution in [-0.2, 0) is 0 Å². The molecule has 0 saturated carbocycles. The number of aromatic nitrogens is 2. The van der Waals surface area contributed by atoms with Crippen LogP contribution in [0.25, 0.3) is 99.2 Å². The lowest BCUT2D eigenvalue weighted by Crippen LogP contribution is -2.06. The largest absolute Gasteiger partial charge is 0.456 e. The molecule has 3 aromatic heterocycles. The van der Waals surface area contributed by atoms with Gasteiger partial charge in [-0.1, -0.05) is 133 Å². The molecule has 52 heavy (non-hydrogen) atoms. The summed E-state index contributed by atoms with van der Waals surface area (Å²) in [6.45, 7) is 0. The predicted molar refractivity (Wildman–Crippen MR) is 217 cm³/mol. The Hall–Kier alpha value is -6.49. The second kappa shape index (κ2) is 10.5. The molecule has 0 aliphatic carbocycles. The average Bonchev–Trinajstić information content (AvgIpc) is 3.87. The molecule has 1 aliphatic heterocycles. The number of hydrogen-bond acceptors (Lipinski definition) is 2. The van der Waals surface area contributed by atoms with Crippen LogP contribution in [0.1, 0.15) is 0 Å². The predicted octanol–water partition coefficient (Wildman–Crippen LogP) is 13.6. The minimum Gasteiger partial charge on any atom is -0.456 e. The lowest BCUT2D eigenvalue weighted by Gasteiger charge is -2.23. The number of rotatable bonds is 3. The van der Waals surface area contributed by atoms with Gasteiger partial charge in [-0.15, -0.1) is 0 Å². The van der Waals surface area contributed by atoms with Crippen LogP contribution in [0.5, 0.6) is 0 Å². The summed E-state index contributed by atoms with van der Waals surface area (Å²) in [6, 6.07) is 61.6. The molecule has 11 aromatic rings. The molecule has 0 fully saturated rings. The van der Waals surface area contributed by atoms with E-state index in [1.165, 1.54) is 81.3 Å². The highest BCUT2D eigenvalue weighted by molar-refractivity contribution is 8.00. The van der Waals surface area contributed by atoms with Gasteiger partial charge in [-0.2, -0.15) is 0 Å². The Labute approximate surface area is 302 Å². The maximum atomic E-state index is 6.36. The minimum absolute atomic E-state index is 0.911. The molecule has 8 aromatic carbocycles. The van der Waals surface area contributed by atoms with Crippen LogP contribution < -0.4 is 0 Å². The van der Waals surface area contributed by atoms with Gasteiger partial charge in [0, 0.05) is 42.4 Å². The third-order valence-corrected chi connectivity index (χ3v) is 12.1. The number of nitrogens with zero attached hydrogens (tertiary/aromatic N) is 2. The van der Waals surface area contributed by atoms with Crippen molar-refractivity contribution < 1.29 is 4.42 Å². The van der Waals surface area contributed by atoms with Crippen LogP contribution in [0.3, 0.4) is 0 Å². The van der Waals surface area contributed by atoms with Crippen molar-refractivity contribution >= 4 is 77.3 Å². The van der Waals surface area contributed by atoms with Crippen LogP contribution in [0, 0.1) is 0 Å². The van der Waals surface area contributed by atoms with Gasteiger partial charge in [-0.3, -0.25) is 9.13 Å². The first-order valence-corrected chi connectivity index (χ1v) is 18.5. The Morgan fingerprint density at radius 3 is 2.13 bits per heavy atom. The van der Waals surface area contributed by atoms with Crippen molar-refractivity contribution in [3.63, 3.8) is 0 Å². The fraction of sp³-hybridized carbons (Fsp3) is 0. The van der Waals surface area contributed by atoms with E-state index in [0.29, 0.717) is 0 Å². The summed E-state index contributed by atoms with van der Waals surface area (Å²) in [5.41, 5.74) is 12.7. The van der Waals surface area contributed by atoms with E-state index in [1.54, 1.807) is 0 Å². The fourth-order valence-electron chi connectivity index (χ4n) is 8.74. The Morgan fingerprint density at radius 1 is 0.462 bits per heavy atom. The number of para-hydroxylation sites is 3. The Balaban J connectivity index is 1.22. The smallest absolute Gasteiger partial charge is 0.136 e. The van der Waals surface area contributed by atoms with Gasteiger partial charge in [0.05, 0.1) is 16.7 Å². The molecule has 0 unspecified atom stereocenters. The van der Waals surface area contributed by atoms with Gasteiger partial charge in [-0.25, -0.2) is 0 Å². The van der Waals surface area contributed by atoms with Gasteiger partial charge in [0.2, 0.25) is 0 Å². The zero-order chi connectivity index (χ0) is 33.9. The molecule has 0 radical (unpaired) electrons. The van der Waals surface area contributed by atoms with E-state index in [2.05, 4.69) is 173 Å². The Bertz CT molecular complexity index is 3270. The van der Waals surface area contributed by atoms with Gasteiger partial charge in [0.1, 0.15) is 16.8 Å². The first-order valence-electron chi connectivity index (χ1n) is 17.7. The molecule has 0 spiro atoms. The van der Waals surface area contributed by atoms with E-state index in [1.807, 2.05) is 17.8 Å². The zero-order valence-electron chi connectivity index (χ0n) is 27.9. The lowest BCUT2D eigenvalue weighted by atomic mass is 9.97. The number of fused-ring (bicyclic) bond motifs is 11. The topological polar surface area (TPSA) is 23.0 Å². The summed E-state index contributed by atoms with van der Waals surface area (Å²) in [5, 5.41) is 8.62. The maximum absolute atomic E-state index is 6.36. The molecule has 12 rings (SSSR count). The summed E-state index contributed by atoms with van der Waals surface area (Å²) in [5.74, 6) is 0. The van der Waals surface area contributed by atoms with Crippen molar-refractivity contribution in [1.29, 1.82) is 0 Å². The molecule has 3 nitrogen and oxygen atoms in total. The van der Waals surface area contributed by atoms with Crippen molar-refractivity contribution in [3.8, 4) is 33.6 Å². The lowest BCUT2D eigenvalue weighted by molar-refractivity contribution is 0.669. The summed E-state index contributed by atoms with van der Waals surface area (Å²) < 4.78 is 11.4. The highest BCUT2D eigenvalue weighted by Crippen LogP contribution is 2.53. The van der Waals surface area contributed by atoms with Crippen molar-refractivity contribution in [2.45, 2.75) is 9.79 Å². The molecule has 242 valence electrons. The highest BCUT2D eigenvalue weighted by Gasteiger charge is 2.30. The number of hydrogen-bond donors (Lipinski definition) is 0. The third-order valence-electron chi connectivity index (χ3n) is 10.9. The normalized spacial score (nSPS) is 12.5. The monoisotopic (exact) mass is 680 g/mol. The van der Waals surface area contributed by atoms with Crippen molar-refractivity contribution in [3.05, 3.63) is 170 Å². The van der Waals surface area contributed by atoms with Gasteiger partial charge in [-0.05, 0) is 81.6 Å². The van der Waals surface area contributed by atoms with E-state index in [9.17, 15) is 0 Å². The van der Waals surface area contributed by atoms with Crippen LogP contribution in [0.15, 0.2) is 184 Å². The molecule has 0 N–H and O–H groups in total. The van der Waals surface area contributed by atoms with Crippen LogP contribution in [0.2, 0.25) is 0 Å². The molecular formula is C48H28N2OS. The van der Waals surface area contributed by atoms with Gasteiger partial charge < -0.3 is 4.42 Å². The molecule has 0 amide bonds. The van der Waals surface area contributed by atoms with E-state index >= 15 is 0 Å². The second-order valence-corrected chi connectivity index (χ2v) is 14.7. The van der Waals surface area contributed by atoms with Crippen LogP contribution >= 0.6 is 11.8 Å². The number of benzene rings is 8. The SMILES string of the molecule is c1ccc(-n2c3cccc(-c4ccc5ccccc5c4)c3c3c4cccc5c4n(c32)-c2cccc(-c3cccc4oc6ccccc6c34)c2S5)cc1. The van der Waals surface area contributed by atoms with Gasteiger partial charge in [0.15, 0.2) is 0 Å². The van der Waals surface area contributed by atoms with E-state index in [4.69, 9.17) is 4.42 Å². The van der Waals surface area contributed by atoms with Crippen molar-refractivity contribution in [1.82, 2.24) is 9.13 Å². The summed E-state index contributed by atoms with van der Waals surface area (Å²) in [6.07, 6.45) is 0. The standard InChI is InChI=1S/C48H28N2OS/c1-2-14-32(15-3-1)49-38-21-8-17-33(31-27-26-29-12-4-5-13-30(29)28-31)44(38)45-37-20-11-25-42-46(37)50(48(45)49)39-22-9-19-35(47(39)52-42)34-18-10-24-41-43(34)36-16-6-7-23-40(36)51-41/h1-28H. The molecular weight excluding hydrogens is 653 g/mol. The second-order valence-electron chi connectivity index (χ2n) is 13.7. The summed E-state index contributed by atoms with van der Waals surface area (Å²) in [7, 11) is 0. The first kappa shape index (κ1) is 28.2. The van der Waals surface area contributed by atoms with E-state index in [0.717, 1.165) is 27.6 Å². The zero-order valence-corrected chi connectivity index (χ0v) is 28.7. The Kier molecular flexibility index (Phi) is 5.71. The first-order chi connectivity index (χ1) is 25.8. The average molecular weight is 681 g/mol.